The number of nitrogens with two attached hydrogens (primary N) is 1. The number of hydrogen-bond acceptors (Lipinski definition) is 9. The van der Waals surface area contributed by atoms with Gasteiger partial charge in [0.25, 0.3) is 18.3 Å². The molecular weight excluding hydrogens is 661 g/mol. The third-order valence-electron chi connectivity index (χ3n) is 8.16. The standard InChI is InChI=1S/C29H30ClF3N10O5/c1-41-23(21-13-42(5-4-34)40-24(21)29(31,32)33)11-36-25(41)27(46)37-15-2-3-20(22(30)8-15)26(45)38-16-6-17(7-16)39-28(47)43-12-19(48-14-44)9-18(43)10-35/h2-3,8,11,13-14,16-19H,5-7,9-10,12,35H2,1H3,(H,37,46)(H,38,45)(H,39,47)/t16-,17+,18?,19?. The van der Waals surface area contributed by atoms with E-state index in [0.717, 1.165) is 21.6 Å². The van der Waals surface area contributed by atoms with E-state index >= 15 is 0 Å². The van der Waals surface area contributed by atoms with Crippen LogP contribution in [0.5, 0.6) is 0 Å². The number of benzene rings is 1. The maximum Gasteiger partial charge on any atom is 0.435 e. The van der Waals surface area contributed by atoms with Gasteiger partial charge in [-0.2, -0.15) is 23.5 Å². The zero-order chi connectivity index (χ0) is 34.7. The average Bonchev–Trinajstić information content (AvgIpc) is 3.72. The number of nitrogens with zero attached hydrogens (tertiary/aromatic N) is 6. The van der Waals surface area contributed by atoms with Crippen molar-refractivity contribution >= 4 is 41.6 Å². The summed E-state index contributed by atoms with van der Waals surface area (Å²) in [6.45, 7) is 0.425. The SMILES string of the molecule is Cn1c(-c2cn(CC#N)nc2C(F)(F)F)cnc1C(=O)Nc1ccc(C(=O)N[C@H]2C[C@@H](NC(=O)N3CC(OC=O)CC3CN)C2)c(Cl)c1. The molecule has 3 aromatic rings. The van der Waals surface area contributed by atoms with E-state index in [1.165, 1.54) is 25.2 Å². The summed E-state index contributed by atoms with van der Waals surface area (Å²) in [7, 11) is 1.36. The highest BCUT2D eigenvalue weighted by atomic mass is 35.5. The van der Waals surface area contributed by atoms with E-state index in [1.54, 1.807) is 11.0 Å². The average molecular weight is 691 g/mol. The van der Waals surface area contributed by atoms with Crippen molar-refractivity contribution in [3.05, 3.63) is 52.7 Å². The molecule has 1 aliphatic heterocycles. The van der Waals surface area contributed by atoms with Crippen LogP contribution in [0.4, 0.5) is 23.7 Å². The molecule has 2 aliphatic rings. The van der Waals surface area contributed by atoms with Crippen molar-refractivity contribution in [1.82, 2.24) is 34.9 Å². The Bertz CT molecular complexity index is 1760. The van der Waals surface area contributed by atoms with Gasteiger partial charge in [0.15, 0.2) is 11.5 Å². The second kappa shape index (κ2) is 13.9. The first-order valence-corrected chi connectivity index (χ1v) is 15.0. The van der Waals surface area contributed by atoms with Crippen LogP contribution in [-0.4, -0.2) is 85.9 Å². The molecule has 2 unspecified atom stereocenters. The summed E-state index contributed by atoms with van der Waals surface area (Å²) in [5.41, 5.74) is 4.48. The Balaban J connectivity index is 1.16. The van der Waals surface area contributed by atoms with Gasteiger partial charge in [-0.1, -0.05) is 11.6 Å². The van der Waals surface area contributed by atoms with Crippen LogP contribution >= 0.6 is 11.6 Å². The van der Waals surface area contributed by atoms with Crippen LogP contribution in [-0.2, 0) is 29.3 Å². The van der Waals surface area contributed by atoms with Crippen molar-refractivity contribution in [3.8, 4) is 17.3 Å². The summed E-state index contributed by atoms with van der Waals surface area (Å²) in [5, 5.41) is 20.7. The number of carbonyl (C=O) groups is 4. The molecule has 5 rings (SSSR count). The number of nitriles is 1. The first-order chi connectivity index (χ1) is 22.8. The molecule has 0 bridgehead atoms. The molecule has 5 N–H and O–H groups in total. The fourth-order valence-electron chi connectivity index (χ4n) is 5.70. The normalized spacial score (nSPS) is 20.4. The van der Waals surface area contributed by atoms with Gasteiger partial charge < -0.3 is 35.9 Å². The first kappa shape index (κ1) is 34.2. The number of imidazole rings is 1. The van der Waals surface area contributed by atoms with Crippen LogP contribution in [0.25, 0.3) is 11.3 Å². The highest BCUT2D eigenvalue weighted by Crippen LogP contribution is 2.36. The lowest BCUT2D eigenvalue weighted by Crippen LogP contribution is -2.57. The fraction of sp³-hybridized carbons (Fsp3) is 0.414. The number of amides is 4. The van der Waals surface area contributed by atoms with E-state index in [1.807, 2.05) is 0 Å². The molecule has 1 aromatic carbocycles. The molecule has 19 heteroatoms. The summed E-state index contributed by atoms with van der Waals surface area (Å²) in [4.78, 5) is 54.8. The Labute approximate surface area is 276 Å². The van der Waals surface area contributed by atoms with E-state index in [-0.39, 0.29) is 70.6 Å². The van der Waals surface area contributed by atoms with Gasteiger partial charge in [-0.05, 0) is 31.0 Å². The molecule has 2 aromatic heterocycles. The number of aromatic nitrogens is 4. The largest absolute Gasteiger partial charge is 0.463 e. The van der Waals surface area contributed by atoms with Crippen molar-refractivity contribution < 1.29 is 37.1 Å². The van der Waals surface area contributed by atoms with Crippen LogP contribution in [0.3, 0.4) is 0 Å². The molecule has 1 saturated carbocycles. The quantitative estimate of drug-likeness (QED) is 0.230. The molecule has 4 amide bonds. The highest BCUT2D eigenvalue weighted by molar-refractivity contribution is 6.34. The maximum absolute atomic E-state index is 13.6. The van der Waals surface area contributed by atoms with Gasteiger partial charge in [-0.25, -0.2) is 9.78 Å². The second-order valence-electron chi connectivity index (χ2n) is 11.3. The minimum absolute atomic E-state index is 0.0312. The number of hydrogen-bond donors (Lipinski definition) is 4. The maximum atomic E-state index is 13.6. The Morgan fingerprint density at radius 1 is 1.19 bits per heavy atom. The summed E-state index contributed by atoms with van der Waals surface area (Å²) in [6, 6.07) is 4.94. The van der Waals surface area contributed by atoms with Gasteiger partial charge in [0.1, 0.15) is 12.6 Å². The predicted molar refractivity (Wildman–Crippen MR) is 162 cm³/mol. The highest BCUT2D eigenvalue weighted by Gasteiger charge is 2.40. The molecule has 1 saturated heterocycles. The minimum Gasteiger partial charge on any atom is -0.463 e. The van der Waals surface area contributed by atoms with Gasteiger partial charge in [0.2, 0.25) is 0 Å². The van der Waals surface area contributed by atoms with Gasteiger partial charge in [-0.3, -0.25) is 19.1 Å². The molecule has 1 aliphatic carbocycles. The number of likely N-dealkylation sites (tertiary alicyclic amines) is 1. The van der Waals surface area contributed by atoms with Gasteiger partial charge in [-0.15, -0.1) is 0 Å². The van der Waals surface area contributed by atoms with Crippen molar-refractivity contribution in [3.63, 3.8) is 0 Å². The Kier molecular flexibility index (Phi) is 9.91. The van der Waals surface area contributed by atoms with Gasteiger partial charge in [0, 0.05) is 50.0 Å². The Morgan fingerprint density at radius 2 is 1.92 bits per heavy atom. The van der Waals surface area contributed by atoms with E-state index in [0.29, 0.717) is 25.7 Å². The lowest BCUT2D eigenvalue weighted by molar-refractivity contribution is -0.141. The van der Waals surface area contributed by atoms with Crippen LogP contribution < -0.4 is 21.7 Å². The van der Waals surface area contributed by atoms with Crippen LogP contribution in [0, 0.1) is 11.3 Å². The summed E-state index contributed by atoms with van der Waals surface area (Å²) in [6.07, 6.45) is -1.65. The zero-order valence-electron chi connectivity index (χ0n) is 25.3. The van der Waals surface area contributed by atoms with Crippen LogP contribution in [0.15, 0.2) is 30.6 Å². The monoisotopic (exact) mass is 690 g/mol. The molecule has 15 nitrogen and oxygen atoms in total. The fourth-order valence-corrected chi connectivity index (χ4v) is 5.97. The smallest absolute Gasteiger partial charge is 0.435 e. The molecule has 0 spiro atoms. The van der Waals surface area contributed by atoms with Gasteiger partial charge >= 0.3 is 12.2 Å². The minimum atomic E-state index is -4.81. The Morgan fingerprint density at radius 3 is 2.56 bits per heavy atom. The van der Waals surface area contributed by atoms with Crippen LogP contribution in [0.2, 0.25) is 5.02 Å². The molecule has 0 radical (unpaired) electrons. The molecule has 2 atom stereocenters. The molecule has 48 heavy (non-hydrogen) atoms. The molecule has 2 fully saturated rings. The van der Waals surface area contributed by atoms with Crippen molar-refractivity contribution in [2.75, 3.05) is 18.4 Å². The molecule has 3 heterocycles. The van der Waals surface area contributed by atoms with E-state index < -0.39 is 36.3 Å². The lowest BCUT2D eigenvalue weighted by atomic mass is 9.86. The summed E-state index contributed by atoms with van der Waals surface area (Å²) < 4.78 is 47.9. The Hall–Kier alpha value is -5.15. The number of alkyl halides is 3. The van der Waals surface area contributed by atoms with Crippen molar-refractivity contribution in [1.29, 1.82) is 5.26 Å². The number of ether oxygens (including phenoxy) is 1. The predicted octanol–water partition coefficient (Wildman–Crippen LogP) is 2.28. The zero-order valence-corrected chi connectivity index (χ0v) is 26.1. The van der Waals surface area contributed by atoms with Gasteiger partial charge in [0.05, 0.1) is 40.7 Å². The number of halogens is 4. The topological polar surface area (TPSA) is 202 Å². The van der Waals surface area contributed by atoms with Crippen molar-refractivity contribution in [2.24, 2.45) is 12.8 Å². The molecule has 254 valence electrons. The number of rotatable bonds is 10. The molecular formula is C29H30ClF3N10O5. The number of carbonyl (C=O) groups excluding carboxylic acids is 4. The second-order valence-corrected chi connectivity index (χ2v) is 11.7. The van der Waals surface area contributed by atoms with E-state index in [9.17, 15) is 32.3 Å². The number of urea groups is 1. The van der Waals surface area contributed by atoms with Crippen LogP contribution in [0.1, 0.15) is 45.9 Å². The van der Waals surface area contributed by atoms with Crippen molar-refractivity contribution in [2.45, 2.75) is 56.2 Å². The van der Waals surface area contributed by atoms with E-state index in [4.69, 9.17) is 27.3 Å². The van der Waals surface area contributed by atoms with E-state index in [2.05, 4.69) is 26.0 Å². The first-order valence-electron chi connectivity index (χ1n) is 14.6. The summed E-state index contributed by atoms with van der Waals surface area (Å²) >= 11 is 6.36. The number of anilines is 1. The third kappa shape index (κ3) is 7.21. The number of nitrogens with one attached hydrogen (secondary N) is 3. The third-order valence-corrected chi connectivity index (χ3v) is 8.47. The lowest BCUT2D eigenvalue weighted by Gasteiger charge is -2.37. The summed E-state index contributed by atoms with van der Waals surface area (Å²) in [5.74, 6) is -1.43.